The van der Waals surface area contributed by atoms with Crippen LogP contribution in [0.4, 0.5) is 11.4 Å². The zero-order valence-corrected chi connectivity index (χ0v) is 18.0. The van der Waals surface area contributed by atoms with Crippen LogP contribution in [0.25, 0.3) is 10.2 Å². The normalized spacial score (nSPS) is 11.8. The second-order valence-corrected chi connectivity index (χ2v) is 7.81. The molecule has 11 heteroatoms. The van der Waals surface area contributed by atoms with Gasteiger partial charge in [0, 0.05) is 25.3 Å². The number of amides is 1. The minimum absolute atomic E-state index is 0.220. The lowest BCUT2D eigenvalue weighted by Gasteiger charge is -2.07. The monoisotopic (exact) mass is 444 g/mol. The second kappa shape index (κ2) is 9.14. The molecule has 0 saturated carbocycles. The number of thiazole rings is 1. The Morgan fingerprint density at radius 3 is 2.32 bits per heavy atom. The van der Waals surface area contributed by atoms with Crippen molar-refractivity contribution in [2.75, 3.05) is 13.2 Å². The molecule has 0 unspecified atom stereocenters. The minimum Gasteiger partial charge on any atom is -0.380 e. The minimum atomic E-state index is -0.794. The summed E-state index contributed by atoms with van der Waals surface area (Å²) in [6, 6.07) is 6.82. The molecule has 0 saturated heterocycles. The van der Waals surface area contributed by atoms with Crippen LogP contribution in [0.5, 0.6) is 0 Å². The zero-order valence-electron chi connectivity index (χ0n) is 17.2. The van der Waals surface area contributed by atoms with Crippen molar-refractivity contribution in [3.8, 4) is 0 Å². The van der Waals surface area contributed by atoms with E-state index in [0.717, 1.165) is 39.5 Å². The first-order valence-electron chi connectivity index (χ1n) is 9.42. The molecule has 3 aromatic rings. The van der Waals surface area contributed by atoms with Crippen LogP contribution in [-0.4, -0.2) is 33.5 Å². The van der Waals surface area contributed by atoms with E-state index < -0.39 is 27.1 Å². The smallest absolute Gasteiger partial charge is 0.280 e. The summed E-state index contributed by atoms with van der Waals surface area (Å²) in [5.41, 5.74) is 1.69. The SMILES string of the molecule is CCOCCn1c(=NC(=O)c2cc([N+](=O)[O-])cc([N+](=O)[O-])c2)sc2c(C)cc(C)cc21. The van der Waals surface area contributed by atoms with Crippen LogP contribution >= 0.6 is 11.3 Å². The van der Waals surface area contributed by atoms with E-state index in [4.69, 9.17) is 4.74 Å². The topological polar surface area (TPSA) is 130 Å². The number of fused-ring (bicyclic) bond motifs is 1. The molecule has 0 spiro atoms. The summed E-state index contributed by atoms with van der Waals surface area (Å²) in [7, 11) is 0. The van der Waals surface area contributed by atoms with Crippen molar-refractivity contribution in [1.29, 1.82) is 0 Å². The largest absolute Gasteiger partial charge is 0.380 e. The van der Waals surface area contributed by atoms with Crippen LogP contribution in [0.2, 0.25) is 0 Å². The first-order valence-corrected chi connectivity index (χ1v) is 10.2. The quantitative estimate of drug-likeness (QED) is 0.308. The molecule has 1 aromatic heterocycles. The Balaban J connectivity index is 2.16. The van der Waals surface area contributed by atoms with E-state index in [-0.39, 0.29) is 5.56 Å². The summed E-state index contributed by atoms with van der Waals surface area (Å²) >= 11 is 1.31. The highest BCUT2D eigenvalue weighted by molar-refractivity contribution is 7.16. The molecule has 10 nitrogen and oxygen atoms in total. The molecule has 0 aliphatic carbocycles. The maximum Gasteiger partial charge on any atom is 0.280 e. The molecule has 31 heavy (non-hydrogen) atoms. The van der Waals surface area contributed by atoms with Gasteiger partial charge >= 0.3 is 0 Å². The number of rotatable bonds is 7. The van der Waals surface area contributed by atoms with Crippen LogP contribution in [-0.2, 0) is 11.3 Å². The first-order chi connectivity index (χ1) is 14.7. The summed E-state index contributed by atoms with van der Waals surface area (Å²) in [6.45, 7) is 7.24. The van der Waals surface area contributed by atoms with Gasteiger partial charge in [-0.15, -0.1) is 0 Å². The second-order valence-electron chi connectivity index (χ2n) is 6.83. The number of nitrogens with zero attached hydrogens (tertiary/aromatic N) is 4. The number of ether oxygens (including phenoxy) is 1. The van der Waals surface area contributed by atoms with Gasteiger partial charge in [0.15, 0.2) is 4.80 Å². The summed E-state index contributed by atoms with van der Waals surface area (Å²) in [4.78, 5) is 38.1. The molecule has 0 N–H and O–H groups in total. The van der Waals surface area contributed by atoms with Gasteiger partial charge in [0.25, 0.3) is 17.3 Å². The number of hydrogen-bond acceptors (Lipinski definition) is 7. The van der Waals surface area contributed by atoms with Crippen LogP contribution in [0.3, 0.4) is 0 Å². The molecule has 1 amide bonds. The molecule has 0 atom stereocenters. The Morgan fingerprint density at radius 1 is 1.10 bits per heavy atom. The number of hydrogen-bond donors (Lipinski definition) is 0. The molecule has 2 aromatic carbocycles. The lowest BCUT2D eigenvalue weighted by molar-refractivity contribution is -0.394. The van der Waals surface area contributed by atoms with E-state index in [0.29, 0.717) is 24.6 Å². The number of carbonyl (C=O) groups is 1. The van der Waals surface area contributed by atoms with E-state index in [1.165, 1.54) is 11.3 Å². The van der Waals surface area contributed by atoms with Crippen LogP contribution < -0.4 is 4.80 Å². The highest BCUT2D eigenvalue weighted by atomic mass is 32.1. The summed E-state index contributed by atoms with van der Waals surface area (Å²) in [5, 5.41) is 22.2. The van der Waals surface area contributed by atoms with Gasteiger partial charge in [-0.25, -0.2) is 0 Å². The first kappa shape index (κ1) is 22.2. The van der Waals surface area contributed by atoms with Gasteiger partial charge in [-0.3, -0.25) is 25.0 Å². The van der Waals surface area contributed by atoms with Gasteiger partial charge in [0.1, 0.15) is 0 Å². The fourth-order valence-corrected chi connectivity index (χ4v) is 4.30. The van der Waals surface area contributed by atoms with Crippen molar-refractivity contribution < 1.29 is 19.4 Å². The molecule has 3 rings (SSSR count). The Labute approximate surface area is 180 Å². The highest BCUT2D eigenvalue weighted by Crippen LogP contribution is 2.25. The van der Waals surface area contributed by atoms with Crippen molar-refractivity contribution >= 4 is 38.8 Å². The predicted molar refractivity (Wildman–Crippen MR) is 115 cm³/mol. The van der Waals surface area contributed by atoms with Crippen molar-refractivity contribution in [2.45, 2.75) is 27.3 Å². The number of benzene rings is 2. The molecule has 1 heterocycles. The number of carbonyl (C=O) groups excluding carboxylic acids is 1. The van der Waals surface area contributed by atoms with Gasteiger partial charge in [-0.1, -0.05) is 17.4 Å². The van der Waals surface area contributed by atoms with E-state index in [1.807, 2.05) is 37.5 Å². The molecule has 0 fully saturated rings. The highest BCUT2D eigenvalue weighted by Gasteiger charge is 2.20. The number of nitro groups is 2. The molecule has 0 aliphatic rings. The average Bonchev–Trinajstić information content (AvgIpc) is 3.05. The van der Waals surface area contributed by atoms with Crippen molar-refractivity contribution in [2.24, 2.45) is 4.99 Å². The standard InChI is InChI=1S/C20H20N4O6S/c1-4-30-6-5-22-17-8-12(2)7-13(3)18(17)31-20(22)21-19(25)14-9-15(23(26)27)11-16(10-14)24(28)29/h7-11H,4-6H2,1-3H3. The summed E-state index contributed by atoms with van der Waals surface area (Å²) in [5.74, 6) is -0.794. The van der Waals surface area contributed by atoms with Crippen molar-refractivity contribution in [3.63, 3.8) is 0 Å². The number of nitro benzene ring substituents is 2. The fourth-order valence-electron chi connectivity index (χ4n) is 3.19. The Bertz CT molecular complexity index is 1230. The van der Waals surface area contributed by atoms with Gasteiger partial charge < -0.3 is 9.30 Å². The number of non-ortho nitro benzene ring substituents is 2. The van der Waals surface area contributed by atoms with Gasteiger partial charge in [0.2, 0.25) is 0 Å². The third-order valence-corrected chi connectivity index (χ3v) is 5.78. The van der Waals surface area contributed by atoms with Crippen molar-refractivity contribution in [3.05, 3.63) is 72.1 Å². The summed E-state index contributed by atoms with van der Waals surface area (Å²) < 4.78 is 8.27. The molecular weight excluding hydrogens is 424 g/mol. The molecular formula is C20H20N4O6S. The van der Waals surface area contributed by atoms with Crippen LogP contribution in [0, 0.1) is 34.1 Å². The van der Waals surface area contributed by atoms with E-state index in [2.05, 4.69) is 4.99 Å². The third kappa shape index (κ3) is 4.84. The number of aromatic nitrogens is 1. The fraction of sp³-hybridized carbons (Fsp3) is 0.300. The Kier molecular flexibility index (Phi) is 6.56. The van der Waals surface area contributed by atoms with Gasteiger partial charge in [0.05, 0.1) is 38.3 Å². The summed E-state index contributed by atoms with van der Waals surface area (Å²) in [6.07, 6.45) is 0. The molecule has 0 radical (unpaired) electrons. The van der Waals surface area contributed by atoms with E-state index in [9.17, 15) is 25.0 Å². The number of aryl methyl sites for hydroxylation is 2. The predicted octanol–water partition coefficient (Wildman–Crippen LogP) is 3.91. The van der Waals surface area contributed by atoms with E-state index >= 15 is 0 Å². The third-order valence-electron chi connectivity index (χ3n) is 4.55. The van der Waals surface area contributed by atoms with Crippen LogP contribution in [0.1, 0.15) is 28.4 Å². The molecule has 0 aliphatic heterocycles. The van der Waals surface area contributed by atoms with Gasteiger partial charge in [-0.2, -0.15) is 4.99 Å². The Morgan fingerprint density at radius 2 is 1.74 bits per heavy atom. The average molecular weight is 444 g/mol. The molecule has 0 bridgehead atoms. The van der Waals surface area contributed by atoms with Gasteiger partial charge in [-0.05, 0) is 38.0 Å². The van der Waals surface area contributed by atoms with E-state index in [1.54, 1.807) is 0 Å². The maximum absolute atomic E-state index is 12.8. The van der Waals surface area contributed by atoms with Crippen molar-refractivity contribution in [1.82, 2.24) is 4.57 Å². The van der Waals surface area contributed by atoms with Crippen LogP contribution in [0.15, 0.2) is 35.3 Å². The zero-order chi connectivity index (χ0) is 22.7. The lowest BCUT2D eigenvalue weighted by atomic mass is 10.1. The Hall–Kier alpha value is -3.44. The maximum atomic E-state index is 12.8. The molecule has 162 valence electrons. The lowest BCUT2D eigenvalue weighted by Crippen LogP contribution is -2.20.